The van der Waals surface area contributed by atoms with Crippen LogP contribution in [0.15, 0.2) is 12.7 Å². The molecule has 0 saturated heterocycles. The fourth-order valence-corrected chi connectivity index (χ4v) is 9.61. The Balaban J connectivity index is 2.73. The first kappa shape index (κ1) is 33.7. The van der Waals surface area contributed by atoms with Crippen LogP contribution in [-0.4, -0.2) is 84.1 Å². The van der Waals surface area contributed by atoms with Crippen LogP contribution in [0.1, 0.15) is 79.1 Å². The van der Waals surface area contributed by atoms with Gasteiger partial charge < -0.3 is 9.80 Å². The second kappa shape index (κ2) is 19.7. The van der Waals surface area contributed by atoms with Crippen molar-refractivity contribution in [3.05, 3.63) is 12.7 Å². The van der Waals surface area contributed by atoms with E-state index < -0.39 is 0 Å². The second-order valence-corrected chi connectivity index (χ2v) is 15.8. The standard InChI is InChI=1S/C30H60N2S3/c1-10-20-33-28(24(3)4)16-12-25(5)29(34-21-18-31(6)7)17-15-27-14-13-26(11-2)23-30(27)35-22-19-32(8)9/h11,24-30H,2,10,12-23H2,1,3-9H3. The minimum absolute atomic E-state index is 0.737. The van der Waals surface area contributed by atoms with Gasteiger partial charge in [0.1, 0.15) is 0 Å². The van der Waals surface area contributed by atoms with Crippen LogP contribution in [-0.2, 0) is 0 Å². The molecule has 1 rings (SSSR count). The highest BCUT2D eigenvalue weighted by Gasteiger charge is 2.31. The molecule has 0 amide bonds. The molecule has 0 radical (unpaired) electrons. The van der Waals surface area contributed by atoms with E-state index in [0.29, 0.717) is 0 Å². The van der Waals surface area contributed by atoms with Gasteiger partial charge >= 0.3 is 0 Å². The third-order valence-corrected chi connectivity index (χ3v) is 12.5. The van der Waals surface area contributed by atoms with Crippen molar-refractivity contribution in [3.63, 3.8) is 0 Å². The molecule has 0 heterocycles. The average Bonchev–Trinajstić information content (AvgIpc) is 2.80. The Hall–Kier alpha value is 0.710. The first-order valence-corrected chi connectivity index (χ1v) is 17.6. The van der Waals surface area contributed by atoms with E-state index >= 15 is 0 Å². The molecule has 0 aromatic heterocycles. The summed E-state index contributed by atoms with van der Waals surface area (Å²) in [6, 6.07) is 0. The fourth-order valence-electron chi connectivity index (χ4n) is 5.15. The summed E-state index contributed by atoms with van der Waals surface area (Å²) in [6.07, 6.45) is 13.3. The first-order chi connectivity index (χ1) is 16.7. The molecule has 208 valence electrons. The summed E-state index contributed by atoms with van der Waals surface area (Å²) in [6.45, 7) is 16.3. The average molecular weight is 545 g/mol. The highest BCUT2D eigenvalue weighted by atomic mass is 32.2. The van der Waals surface area contributed by atoms with Gasteiger partial charge in [0.05, 0.1) is 0 Å². The van der Waals surface area contributed by atoms with E-state index in [9.17, 15) is 0 Å². The van der Waals surface area contributed by atoms with Gasteiger partial charge in [-0.3, -0.25) is 0 Å². The monoisotopic (exact) mass is 544 g/mol. The Morgan fingerprint density at radius 2 is 1.51 bits per heavy atom. The summed E-state index contributed by atoms with van der Waals surface area (Å²) >= 11 is 6.75. The van der Waals surface area contributed by atoms with Crippen LogP contribution in [0, 0.1) is 23.7 Å². The van der Waals surface area contributed by atoms with Crippen molar-refractivity contribution in [2.75, 3.05) is 58.5 Å². The van der Waals surface area contributed by atoms with Gasteiger partial charge in [0.25, 0.3) is 0 Å². The van der Waals surface area contributed by atoms with Crippen molar-refractivity contribution in [2.24, 2.45) is 23.7 Å². The minimum atomic E-state index is 0.737. The molecular weight excluding hydrogens is 485 g/mol. The molecule has 0 spiro atoms. The van der Waals surface area contributed by atoms with Crippen LogP contribution in [0.2, 0.25) is 0 Å². The number of thioether (sulfide) groups is 3. The number of hydrogen-bond acceptors (Lipinski definition) is 5. The first-order valence-electron chi connectivity index (χ1n) is 14.4. The predicted octanol–water partition coefficient (Wildman–Crippen LogP) is 8.28. The molecule has 0 bridgehead atoms. The Bertz CT molecular complexity index is 526. The van der Waals surface area contributed by atoms with Crippen molar-refractivity contribution in [3.8, 4) is 0 Å². The van der Waals surface area contributed by atoms with Crippen LogP contribution >= 0.6 is 35.3 Å². The summed E-state index contributed by atoms with van der Waals surface area (Å²) in [4.78, 5) is 4.68. The van der Waals surface area contributed by atoms with E-state index in [4.69, 9.17) is 0 Å². The lowest BCUT2D eigenvalue weighted by Crippen LogP contribution is -2.29. The lowest BCUT2D eigenvalue weighted by molar-refractivity contribution is 0.294. The maximum absolute atomic E-state index is 4.14. The van der Waals surface area contributed by atoms with Gasteiger partial charge in [0, 0.05) is 40.3 Å². The Morgan fingerprint density at radius 3 is 2.11 bits per heavy atom. The molecule has 1 aliphatic carbocycles. The molecule has 1 aliphatic rings. The predicted molar refractivity (Wildman–Crippen MR) is 170 cm³/mol. The zero-order valence-electron chi connectivity index (χ0n) is 24.6. The molecule has 1 saturated carbocycles. The smallest absolute Gasteiger partial charge is 0.00814 e. The van der Waals surface area contributed by atoms with Crippen LogP contribution in [0.25, 0.3) is 0 Å². The highest BCUT2D eigenvalue weighted by Crippen LogP contribution is 2.41. The molecule has 1 fully saturated rings. The molecule has 0 N–H and O–H groups in total. The largest absolute Gasteiger partial charge is 0.309 e. The second-order valence-electron chi connectivity index (χ2n) is 11.8. The van der Waals surface area contributed by atoms with E-state index in [1.807, 2.05) is 0 Å². The van der Waals surface area contributed by atoms with Gasteiger partial charge in [0.15, 0.2) is 0 Å². The highest BCUT2D eigenvalue weighted by molar-refractivity contribution is 8.00. The lowest BCUT2D eigenvalue weighted by Gasteiger charge is -2.36. The number of nitrogens with zero attached hydrogens (tertiary/aromatic N) is 2. The van der Waals surface area contributed by atoms with Crippen molar-refractivity contribution in [1.82, 2.24) is 9.80 Å². The maximum atomic E-state index is 4.14. The maximum Gasteiger partial charge on any atom is 0.00814 e. The van der Waals surface area contributed by atoms with Gasteiger partial charge in [-0.25, -0.2) is 0 Å². The van der Waals surface area contributed by atoms with Crippen LogP contribution in [0.4, 0.5) is 0 Å². The summed E-state index contributed by atoms with van der Waals surface area (Å²) in [7, 11) is 8.83. The SMILES string of the molecule is C=CC1CCC(CCC(SCCN(C)C)C(C)CCC(SCCC)C(C)C)C(SCCN(C)C)C1. The minimum Gasteiger partial charge on any atom is -0.309 e. The summed E-state index contributed by atoms with van der Waals surface area (Å²) < 4.78 is 0. The van der Waals surface area contributed by atoms with Gasteiger partial charge in [-0.1, -0.05) is 33.8 Å². The quantitative estimate of drug-likeness (QED) is 0.142. The van der Waals surface area contributed by atoms with Crippen LogP contribution < -0.4 is 0 Å². The van der Waals surface area contributed by atoms with E-state index in [1.165, 1.54) is 81.7 Å². The Kier molecular flexibility index (Phi) is 19.0. The van der Waals surface area contributed by atoms with Crippen molar-refractivity contribution in [1.29, 1.82) is 0 Å². The third-order valence-electron chi connectivity index (χ3n) is 7.69. The van der Waals surface area contributed by atoms with E-state index in [1.54, 1.807) is 0 Å². The van der Waals surface area contributed by atoms with E-state index in [0.717, 1.165) is 39.4 Å². The third kappa shape index (κ3) is 15.0. The van der Waals surface area contributed by atoms with Gasteiger partial charge in [-0.15, -0.1) is 6.58 Å². The normalized spacial score (nSPS) is 23.7. The Morgan fingerprint density at radius 1 is 0.857 bits per heavy atom. The van der Waals surface area contributed by atoms with E-state index in [2.05, 4.69) is 114 Å². The van der Waals surface area contributed by atoms with Gasteiger partial charge in [0.2, 0.25) is 0 Å². The fraction of sp³-hybridized carbons (Fsp3) is 0.933. The zero-order valence-corrected chi connectivity index (χ0v) is 27.1. The molecular formula is C30H60N2S3. The zero-order chi connectivity index (χ0) is 26.2. The van der Waals surface area contributed by atoms with E-state index in [-0.39, 0.29) is 0 Å². The van der Waals surface area contributed by atoms with Crippen molar-refractivity contribution in [2.45, 2.75) is 94.8 Å². The summed E-state index contributed by atoms with van der Waals surface area (Å²) in [5, 5.41) is 2.46. The molecule has 6 unspecified atom stereocenters. The van der Waals surface area contributed by atoms with Crippen LogP contribution in [0.5, 0.6) is 0 Å². The number of rotatable bonds is 20. The lowest BCUT2D eigenvalue weighted by atomic mass is 9.79. The van der Waals surface area contributed by atoms with Gasteiger partial charge in [-0.2, -0.15) is 35.3 Å². The number of hydrogen-bond donors (Lipinski definition) is 0. The summed E-state index contributed by atoms with van der Waals surface area (Å²) in [5.41, 5.74) is 0. The van der Waals surface area contributed by atoms with Crippen molar-refractivity contribution < 1.29 is 0 Å². The molecule has 0 aromatic carbocycles. The molecule has 35 heavy (non-hydrogen) atoms. The van der Waals surface area contributed by atoms with Gasteiger partial charge in [-0.05, 0) is 109 Å². The topological polar surface area (TPSA) is 6.48 Å². The Labute approximate surface area is 234 Å². The summed E-state index contributed by atoms with van der Waals surface area (Å²) in [5.74, 6) is 7.09. The molecule has 2 nitrogen and oxygen atoms in total. The molecule has 5 heteroatoms. The van der Waals surface area contributed by atoms with Crippen LogP contribution in [0.3, 0.4) is 0 Å². The van der Waals surface area contributed by atoms with Crippen molar-refractivity contribution >= 4 is 35.3 Å². The molecule has 0 aromatic rings. The number of allylic oxidation sites excluding steroid dienone is 1. The molecule has 6 atom stereocenters. The molecule has 0 aliphatic heterocycles.